The van der Waals surface area contributed by atoms with Crippen LogP contribution in [-0.2, 0) is 17.6 Å². The fraction of sp³-hybridized carbons (Fsp3) is 0.500. The van der Waals surface area contributed by atoms with Gasteiger partial charge in [-0.3, -0.25) is 0 Å². The summed E-state index contributed by atoms with van der Waals surface area (Å²) in [5.41, 5.74) is 1.67. The van der Waals surface area contributed by atoms with E-state index in [1.54, 1.807) is 6.92 Å². The van der Waals surface area contributed by atoms with E-state index in [4.69, 9.17) is 4.74 Å². The van der Waals surface area contributed by atoms with Gasteiger partial charge in [0.1, 0.15) is 11.1 Å². The zero-order valence-corrected chi connectivity index (χ0v) is 11.8. The lowest BCUT2D eigenvalue weighted by atomic mass is 9.96. The Kier molecular flexibility index (Phi) is 4.15. The number of nitriles is 1. The number of aryl methyl sites for hydroxylation is 1. The molecule has 1 amide bonds. The molecule has 1 aromatic heterocycles. The summed E-state index contributed by atoms with van der Waals surface area (Å²) in [5, 5.41) is 9.86. The second kappa shape index (κ2) is 5.63. The third-order valence-corrected chi connectivity index (χ3v) is 4.67. The molecule has 96 valence electrons. The lowest BCUT2D eigenvalue weighted by Gasteiger charge is -2.13. The van der Waals surface area contributed by atoms with Crippen molar-refractivity contribution in [2.24, 2.45) is 0 Å². The number of carbonyl (C=O) groups is 1. The van der Waals surface area contributed by atoms with Crippen LogP contribution in [0.5, 0.6) is 0 Å². The number of hydrogen-bond donors (Lipinski definition) is 1. The Hall–Kier alpha value is -1.19. The summed E-state index contributed by atoms with van der Waals surface area (Å²) < 4.78 is 6.04. The first kappa shape index (κ1) is 13.2. The first-order chi connectivity index (χ1) is 8.69. The lowest BCUT2D eigenvalue weighted by Crippen LogP contribution is -2.21. The first-order valence-corrected chi connectivity index (χ1v) is 7.11. The molecule has 1 aliphatic rings. The predicted molar refractivity (Wildman–Crippen MR) is 74.2 cm³/mol. The van der Waals surface area contributed by atoms with Crippen LogP contribution in [0.1, 0.15) is 35.8 Å². The van der Waals surface area contributed by atoms with Gasteiger partial charge in [-0.2, -0.15) is 5.26 Å². The van der Waals surface area contributed by atoms with E-state index in [1.807, 2.05) is 0 Å². The number of thiol groups is 1. The van der Waals surface area contributed by atoms with E-state index >= 15 is 0 Å². The molecule has 0 saturated carbocycles. The normalized spacial score (nSPS) is 13.6. The fourth-order valence-electron chi connectivity index (χ4n) is 2.08. The van der Waals surface area contributed by atoms with Crippen molar-refractivity contribution in [2.75, 3.05) is 10.9 Å². The van der Waals surface area contributed by atoms with Crippen molar-refractivity contribution < 1.29 is 9.53 Å². The van der Waals surface area contributed by atoms with E-state index in [2.05, 4.69) is 18.9 Å². The fourth-order valence-corrected chi connectivity index (χ4v) is 3.60. The van der Waals surface area contributed by atoms with Crippen LogP contribution in [0.3, 0.4) is 0 Å². The number of fused-ring (bicyclic) bond motifs is 1. The summed E-state index contributed by atoms with van der Waals surface area (Å²) in [7, 11) is 0. The van der Waals surface area contributed by atoms with Gasteiger partial charge in [0.2, 0.25) is 0 Å². The Morgan fingerprint density at radius 1 is 1.56 bits per heavy atom. The van der Waals surface area contributed by atoms with Crippen LogP contribution < -0.4 is 4.31 Å². The molecular weight excluding hydrogens is 268 g/mol. The van der Waals surface area contributed by atoms with Crippen LogP contribution in [0, 0.1) is 11.3 Å². The average Bonchev–Trinajstić information content (AvgIpc) is 2.76. The smallest absolute Gasteiger partial charge is 0.425 e. The maximum Gasteiger partial charge on any atom is 0.425 e. The molecule has 0 fully saturated rings. The van der Waals surface area contributed by atoms with Gasteiger partial charge in [0.25, 0.3) is 0 Å². The molecule has 0 N–H and O–H groups in total. The number of ether oxygens (including phenoxy) is 1. The van der Waals surface area contributed by atoms with Crippen molar-refractivity contribution in [1.29, 1.82) is 5.26 Å². The van der Waals surface area contributed by atoms with Crippen molar-refractivity contribution in [1.82, 2.24) is 0 Å². The van der Waals surface area contributed by atoms with Crippen LogP contribution in [0.15, 0.2) is 0 Å². The highest BCUT2D eigenvalue weighted by atomic mass is 32.1. The summed E-state index contributed by atoms with van der Waals surface area (Å²) in [6.07, 6.45) is 3.61. The van der Waals surface area contributed by atoms with Gasteiger partial charge in [0.15, 0.2) is 0 Å². The minimum absolute atomic E-state index is 0.295. The molecule has 0 bridgehead atoms. The molecule has 18 heavy (non-hydrogen) atoms. The van der Waals surface area contributed by atoms with Gasteiger partial charge < -0.3 is 4.74 Å². The molecule has 0 aliphatic heterocycles. The van der Waals surface area contributed by atoms with Gasteiger partial charge in [-0.1, -0.05) is 12.8 Å². The van der Waals surface area contributed by atoms with Crippen LogP contribution in [0.2, 0.25) is 0 Å². The molecule has 1 heterocycles. The Balaban J connectivity index is 2.36. The standard InChI is InChI=1S/C12H14N2O2S2/c1-2-16-12(15)14(17)11-9(7-13)8-5-3-4-6-10(8)18-11/h17H,2-6H2,1H3. The summed E-state index contributed by atoms with van der Waals surface area (Å²) in [6, 6.07) is 2.19. The summed E-state index contributed by atoms with van der Waals surface area (Å²) in [4.78, 5) is 12.9. The van der Waals surface area contributed by atoms with Crippen molar-refractivity contribution in [3.05, 3.63) is 16.0 Å². The number of rotatable bonds is 2. The van der Waals surface area contributed by atoms with Crippen LogP contribution >= 0.6 is 24.2 Å². The van der Waals surface area contributed by atoms with E-state index in [0.717, 1.165) is 35.6 Å². The van der Waals surface area contributed by atoms with Gasteiger partial charge in [-0.05, 0) is 38.2 Å². The van der Waals surface area contributed by atoms with Crippen LogP contribution in [0.25, 0.3) is 0 Å². The summed E-state index contributed by atoms with van der Waals surface area (Å²) in [5.74, 6) is 0. The maximum absolute atomic E-state index is 11.6. The second-order valence-corrected chi connectivity index (χ2v) is 5.50. The van der Waals surface area contributed by atoms with Crippen molar-refractivity contribution in [3.63, 3.8) is 0 Å². The number of thiophene rings is 1. The molecule has 0 unspecified atom stereocenters. The van der Waals surface area contributed by atoms with Gasteiger partial charge >= 0.3 is 6.09 Å². The van der Waals surface area contributed by atoms with Crippen molar-refractivity contribution in [2.45, 2.75) is 32.6 Å². The number of hydrogen-bond acceptors (Lipinski definition) is 5. The molecular formula is C12H14N2O2S2. The van der Waals surface area contributed by atoms with Crippen molar-refractivity contribution in [3.8, 4) is 6.07 Å². The zero-order chi connectivity index (χ0) is 13.1. The molecule has 0 atom stereocenters. The molecule has 6 heteroatoms. The highest BCUT2D eigenvalue weighted by molar-refractivity contribution is 7.83. The molecule has 0 radical (unpaired) electrons. The van der Waals surface area contributed by atoms with Gasteiger partial charge in [0, 0.05) is 4.88 Å². The molecule has 0 aromatic carbocycles. The number of carbonyl (C=O) groups excluding carboxylic acids is 1. The van der Waals surface area contributed by atoms with E-state index < -0.39 is 6.09 Å². The molecule has 0 spiro atoms. The molecule has 1 aliphatic carbocycles. The van der Waals surface area contributed by atoms with E-state index in [9.17, 15) is 10.1 Å². The number of anilines is 1. The predicted octanol–water partition coefficient (Wildman–Crippen LogP) is 3.31. The van der Waals surface area contributed by atoms with Crippen molar-refractivity contribution >= 4 is 35.2 Å². The van der Waals surface area contributed by atoms with E-state index in [-0.39, 0.29) is 0 Å². The Labute approximate surface area is 116 Å². The topological polar surface area (TPSA) is 53.3 Å². The minimum Gasteiger partial charge on any atom is -0.449 e. The maximum atomic E-state index is 11.6. The minimum atomic E-state index is -0.532. The number of amides is 1. The Bertz CT molecular complexity index is 505. The monoisotopic (exact) mass is 282 g/mol. The van der Waals surface area contributed by atoms with Gasteiger partial charge in [0.05, 0.1) is 12.2 Å². The molecule has 4 nitrogen and oxygen atoms in total. The summed E-state index contributed by atoms with van der Waals surface area (Å²) in [6.45, 7) is 2.03. The molecule has 0 saturated heterocycles. The van der Waals surface area contributed by atoms with Crippen LogP contribution in [-0.4, -0.2) is 12.7 Å². The quantitative estimate of drug-likeness (QED) is 0.847. The lowest BCUT2D eigenvalue weighted by molar-refractivity contribution is 0.165. The highest BCUT2D eigenvalue weighted by Gasteiger charge is 2.26. The third-order valence-electron chi connectivity index (χ3n) is 2.90. The Morgan fingerprint density at radius 2 is 2.28 bits per heavy atom. The average molecular weight is 282 g/mol. The van der Waals surface area contributed by atoms with Crippen LogP contribution in [0.4, 0.5) is 9.80 Å². The largest absolute Gasteiger partial charge is 0.449 e. The van der Waals surface area contributed by atoms with E-state index in [1.165, 1.54) is 16.2 Å². The SMILES string of the molecule is CCOC(=O)N(S)c1sc2c(c1C#N)CCCC2. The molecule has 2 rings (SSSR count). The van der Waals surface area contributed by atoms with Gasteiger partial charge in [-0.25, -0.2) is 9.10 Å². The third kappa shape index (κ3) is 2.33. The zero-order valence-electron chi connectivity index (χ0n) is 10.1. The summed E-state index contributed by atoms with van der Waals surface area (Å²) >= 11 is 5.62. The highest BCUT2D eigenvalue weighted by Crippen LogP contribution is 2.40. The van der Waals surface area contributed by atoms with Gasteiger partial charge in [-0.15, -0.1) is 11.3 Å². The number of nitrogens with zero attached hydrogens (tertiary/aromatic N) is 2. The second-order valence-electron chi connectivity index (χ2n) is 4.01. The molecule has 1 aromatic rings. The Morgan fingerprint density at radius 3 is 2.94 bits per heavy atom. The van der Waals surface area contributed by atoms with E-state index in [0.29, 0.717) is 17.2 Å². The first-order valence-electron chi connectivity index (χ1n) is 5.89.